The fourth-order valence-electron chi connectivity index (χ4n) is 2.82. The first-order valence-electron chi connectivity index (χ1n) is 7.66. The van der Waals surface area contributed by atoms with Crippen molar-refractivity contribution in [1.29, 1.82) is 0 Å². The standard InChI is InChI=1S/C16H20N4O2/c1-3-22-16-12(7-6-9-17-16)19-15(21)14-13-8-4-5-10-20(13)11(2)18-14/h6-7,9H,3-5,8,10H2,1-2H3,(H,19,21). The van der Waals surface area contributed by atoms with E-state index in [-0.39, 0.29) is 5.91 Å². The van der Waals surface area contributed by atoms with Gasteiger partial charge in [-0.05, 0) is 45.2 Å². The van der Waals surface area contributed by atoms with Crippen LogP contribution in [-0.2, 0) is 13.0 Å². The van der Waals surface area contributed by atoms with Gasteiger partial charge in [-0.25, -0.2) is 9.97 Å². The molecule has 0 fully saturated rings. The number of carbonyl (C=O) groups is 1. The van der Waals surface area contributed by atoms with Crippen LogP contribution < -0.4 is 10.1 Å². The van der Waals surface area contributed by atoms with Crippen LogP contribution in [0, 0.1) is 6.92 Å². The highest BCUT2D eigenvalue weighted by molar-refractivity contribution is 6.04. The van der Waals surface area contributed by atoms with E-state index in [1.54, 1.807) is 18.3 Å². The quantitative estimate of drug-likeness (QED) is 0.942. The number of aromatic nitrogens is 3. The topological polar surface area (TPSA) is 69.0 Å². The number of anilines is 1. The van der Waals surface area contributed by atoms with Crippen molar-refractivity contribution in [2.24, 2.45) is 0 Å². The number of hydrogen-bond donors (Lipinski definition) is 1. The minimum atomic E-state index is -0.201. The molecule has 0 unspecified atom stereocenters. The number of hydrogen-bond acceptors (Lipinski definition) is 4. The molecule has 3 heterocycles. The average molecular weight is 300 g/mol. The lowest BCUT2D eigenvalue weighted by atomic mass is 10.1. The molecular formula is C16H20N4O2. The summed E-state index contributed by atoms with van der Waals surface area (Å²) < 4.78 is 7.58. The smallest absolute Gasteiger partial charge is 0.276 e. The monoisotopic (exact) mass is 300 g/mol. The number of aryl methyl sites for hydroxylation is 1. The zero-order valence-electron chi connectivity index (χ0n) is 12.9. The second kappa shape index (κ2) is 6.17. The number of amides is 1. The summed E-state index contributed by atoms with van der Waals surface area (Å²) in [7, 11) is 0. The van der Waals surface area contributed by atoms with Gasteiger partial charge in [-0.2, -0.15) is 0 Å². The maximum absolute atomic E-state index is 12.6. The maximum Gasteiger partial charge on any atom is 0.276 e. The van der Waals surface area contributed by atoms with Crippen LogP contribution in [-0.4, -0.2) is 27.0 Å². The predicted molar refractivity (Wildman–Crippen MR) is 83.3 cm³/mol. The molecule has 2 aromatic heterocycles. The van der Waals surface area contributed by atoms with E-state index >= 15 is 0 Å². The Morgan fingerprint density at radius 3 is 3.14 bits per heavy atom. The predicted octanol–water partition coefficient (Wildman–Crippen LogP) is 2.57. The van der Waals surface area contributed by atoms with E-state index in [0.29, 0.717) is 23.9 Å². The minimum absolute atomic E-state index is 0.201. The van der Waals surface area contributed by atoms with Crippen molar-refractivity contribution in [3.63, 3.8) is 0 Å². The van der Waals surface area contributed by atoms with E-state index in [4.69, 9.17) is 4.74 Å². The first-order chi connectivity index (χ1) is 10.7. The van der Waals surface area contributed by atoms with Crippen molar-refractivity contribution in [3.05, 3.63) is 35.5 Å². The summed E-state index contributed by atoms with van der Waals surface area (Å²) in [5.74, 6) is 1.13. The molecular weight excluding hydrogens is 280 g/mol. The van der Waals surface area contributed by atoms with Crippen LogP contribution in [0.15, 0.2) is 18.3 Å². The van der Waals surface area contributed by atoms with Crippen LogP contribution in [0.25, 0.3) is 0 Å². The first-order valence-corrected chi connectivity index (χ1v) is 7.66. The number of nitrogens with one attached hydrogen (secondary N) is 1. The van der Waals surface area contributed by atoms with Crippen molar-refractivity contribution < 1.29 is 9.53 Å². The molecule has 3 rings (SSSR count). The number of imidazole rings is 1. The molecule has 2 aromatic rings. The number of nitrogens with zero attached hydrogens (tertiary/aromatic N) is 3. The van der Waals surface area contributed by atoms with Crippen molar-refractivity contribution in [3.8, 4) is 5.88 Å². The Balaban J connectivity index is 1.87. The summed E-state index contributed by atoms with van der Waals surface area (Å²) in [4.78, 5) is 21.2. The van der Waals surface area contributed by atoms with Crippen molar-refractivity contribution in [2.75, 3.05) is 11.9 Å². The van der Waals surface area contributed by atoms with Crippen LogP contribution in [0.1, 0.15) is 41.8 Å². The zero-order valence-corrected chi connectivity index (χ0v) is 12.9. The van der Waals surface area contributed by atoms with Crippen LogP contribution in [0.2, 0.25) is 0 Å². The summed E-state index contributed by atoms with van der Waals surface area (Å²) in [5, 5.41) is 2.87. The second-order valence-electron chi connectivity index (χ2n) is 5.31. The number of carbonyl (C=O) groups excluding carboxylic acids is 1. The van der Waals surface area contributed by atoms with Crippen molar-refractivity contribution in [1.82, 2.24) is 14.5 Å². The third-order valence-corrected chi connectivity index (χ3v) is 3.82. The highest BCUT2D eigenvalue weighted by Gasteiger charge is 2.23. The lowest BCUT2D eigenvalue weighted by Gasteiger charge is -2.16. The molecule has 0 aromatic carbocycles. The summed E-state index contributed by atoms with van der Waals surface area (Å²) in [6.07, 6.45) is 4.78. The van der Waals surface area contributed by atoms with Gasteiger partial charge in [-0.1, -0.05) is 0 Å². The summed E-state index contributed by atoms with van der Waals surface area (Å²) in [5.41, 5.74) is 2.12. The Bertz CT molecular complexity index is 693. The molecule has 0 bridgehead atoms. The molecule has 22 heavy (non-hydrogen) atoms. The number of fused-ring (bicyclic) bond motifs is 1. The second-order valence-corrected chi connectivity index (χ2v) is 5.31. The SMILES string of the molecule is CCOc1ncccc1NC(=O)c1nc(C)n2c1CCCC2. The van der Waals surface area contributed by atoms with Crippen LogP contribution >= 0.6 is 0 Å². The van der Waals surface area contributed by atoms with E-state index < -0.39 is 0 Å². The normalized spacial score (nSPS) is 13.5. The molecule has 1 amide bonds. The molecule has 0 saturated heterocycles. The molecule has 0 aliphatic carbocycles. The Labute approximate surface area is 129 Å². The Hall–Kier alpha value is -2.37. The van der Waals surface area contributed by atoms with E-state index in [1.807, 2.05) is 13.8 Å². The molecule has 0 saturated carbocycles. The lowest BCUT2D eigenvalue weighted by Crippen LogP contribution is -2.18. The Kier molecular flexibility index (Phi) is 4.09. The molecule has 0 atom stereocenters. The third-order valence-electron chi connectivity index (χ3n) is 3.82. The van der Waals surface area contributed by atoms with Crippen LogP contribution in [0.5, 0.6) is 5.88 Å². The number of rotatable bonds is 4. The zero-order chi connectivity index (χ0) is 15.5. The van der Waals surface area contributed by atoms with Gasteiger partial charge in [0.05, 0.1) is 12.3 Å². The maximum atomic E-state index is 12.6. The Morgan fingerprint density at radius 2 is 2.32 bits per heavy atom. The van der Waals surface area contributed by atoms with Gasteiger partial charge >= 0.3 is 0 Å². The molecule has 1 N–H and O–H groups in total. The van der Waals surface area contributed by atoms with Crippen molar-refractivity contribution >= 4 is 11.6 Å². The molecule has 1 aliphatic heterocycles. The van der Waals surface area contributed by atoms with E-state index in [0.717, 1.165) is 37.3 Å². The van der Waals surface area contributed by atoms with Gasteiger partial charge in [-0.15, -0.1) is 0 Å². The average Bonchev–Trinajstić information content (AvgIpc) is 2.87. The van der Waals surface area contributed by atoms with Crippen molar-refractivity contribution in [2.45, 2.75) is 39.7 Å². The molecule has 6 nitrogen and oxygen atoms in total. The molecule has 6 heteroatoms. The summed E-state index contributed by atoms with van der Waals surface area (Å²) >= 11 is 0. The molecule has 116 valence electrons. The van der Waals surface area contributed by atoms with E-state index in [2.05, 4.69) is 19.9 Å². The minimum Gasteiger partial charge on any atom is -0.476 e. The highest BCUT2D eigenvalue weighted by Crippen LogP contribution is 2.24. The first kappa shape index (κ1) is 14.6. The largest absolute Gasteiger partial charge is 0.476 e. The number of ether oxygens (including phenoxy) is 1. The van der Waals surface area contributed by atoms with Gasteiger partial charge in [-0.3, -0.25) is 4.79 Å². The van der Waals surface area contributed by atoms with E-state index in [1.165, 1.54) is 0 Å². The molecule has 1 aliphatic rings. The summed E-state index contributed by atoms with van der Waals surface area (Å²) in [6.45, 7) is 5.27. The summed E-state index contributed by atoms with van der Waals surface area (Å²) in [6, 6.07) is 3.55. The molecule has 0 radical (unpaired) electrons. The van der Waals surface area contributed by atoms with Gasteiger partial charge in [0.15, 0.2) is 0 Å². The fraction of sp³-hybridized carbons (Fsp3) is 0.438. The highest BCUT2D eigenvalue weighted by atomic mass is 16.5. The van der Waals surface area contributed by atoms with Gasteiger partial charge in [0, 0.05) is 12.7 Å². The van der Waals surface area contributed by atoms with Gasteiger partial charge in [0.25, 0.3) is 5.91 Å². The van der Waals surface area contributed by atoms with Gasteiger partial charge in [0.2, 0.25) is 5.88 Å². The Morgan fingerprint density at radius 1 is 1.45 bits per heavy atom. The number of pyridine rings is 1. The van der Waals surface area contributed by atoms with Gasteiger partial charge < -0.3 is 14.6 Å². The van der Waals surface area contributed by atoms with E-state index in [9.17, 15) is 4.79 Å². The van der Waals surface area contributed by atoms with Gasteiger partial charge in [0.1, 0.15) is 17.2 Å². The fourth-order valence-corrected chi connectivity index (χ4v) is 2.82. The third kappa shape index (κ3) is 2.68. The molecule has 0 spiro atoms. The van der Waals surface area contributed by atoms with Crippen LogP contribution in [0.3, 0.4) is 0 Å². The van der Waals surface area contributed by atoms with Crippen LogP contribution in [0.4, 0.5) is 5.69 Å². The lowest BCUT2D eigenvalue weighted by molar-refractivity contribution is 0.102.